The molecule has 1 aromatic rings. The summed E-state index contributed by atoms with van der Waals surface area (Å²) in [6, 6.07) is 9.97. The summed E-state index contributed by atoms with van der Waals surface area (Å²) < 4.78 is 61.4. The van der Waals surface area contributed by atoms with Gasteiger partial charge in [0.2, 0.25) is 0 Å². The number of guanidine groups is 1. The van der Waals surface area contributed by atoms with E-state index < -0.39 is 15.5 Å². The van der Waals surface area contributed by atoms with Crippen LogP contribution in [0.3, 0.4) is 0 Å². The first-order valence-electron chi connectivity index (χ1n) is 9.39. The van der Waals surface area contributed by atoms with E-state index in [1.165, 1.54) is 5.56 Å². The van der Waals surface area contributed by atoms with Crippen molar-refractivity contribution in [3.8, 4) is 0 Å². The lowest BCUT2D eigenvalue weighted by Gasteiger charge is -2.32. The fraction of sp³-hybridized carbons (Fsp3) is 0.611. The summed E-state index contributed by atoms with van der Waals surface area (Å²) in [6.45, 7) is 1.90. The van der Waals surface area contributed by atoms with E-state index in [1.54, 1.807) is 7.05 Å². The van der Waals surface area contributed by atoms with Crippen molar-refractivity contribution >= 4 is 40.0 Å². The van der Waals surface area contributed by atoms with Gasteiger partial charge >= 0.3 is 15.5 Å². The molecule has 1 saturated heterocycles. The van der Waals surface area contributed by atoms with Crippen LogP contribution in [-0.4, -0.2) is 75.4 Å². The van der Waals surface area contributed by atoms with Gasteiger partial charge in [-0.2, -0.15) is 17.5 Å². The zero-order valence-electron chi connectivity index (χ0n) is 17.0. The smallest absolute Gasteiger partial charge is 0.355 e. The summed E-state index contributed by atoms with van der Waals surface area (Å²) in [5.74, 6) is 0.551. The van der Waals surface area contributed by atoms with Crippen LogP contribution in [0.25, 0.3) is 0 Å². The number of hydrogen-bond acceptors (Lipinski definition) is 4. The molecule has 1 aliphatic rings. The highest BCUT2D eigenvalue weighted by molar-refractivity contribution is 14.0. The van der Waals surface area contributed by atoms with Gasteiger partial charge in [0, 0.05) is 45.8 Å². The molecule has 1 aromatic carbocycles. The van der Waals surface area contributed by atoms with Gasteiger partial charge < -0.3 is 15.5 Å². The maximum Gasteiger partial charge on any atom is 0.511 e. The molecular formula is C18H29F3IN5O2S. The molecule has 7 nitrogen and oxygen atoms in total. The van der Waals surface area contributed by atoms with Gasteiger partial charge in [0.15, 0.2) is 5.96 Å². The molecule has 1 fully saturated rings. The average molecular weight is 563 g/mol. The van der Waals surface area contributed by atoms with E-state index in [0.717, 1.165) is 13.1 Å². The van der Waals surface area contributed by atoms with Crippen molar-refractivity contribution in [2.75, 3.05) is 40.3 Å². The lowest BCUT2D eigenvalue weighted by Crippen LogP contribution is -2.52. The summed E-state index contributed by atoms with van der Waals surface area (Å²) >= 11 is 0. The lowest BCUT2D eigenvalue weighted by atomic mass is 10.1. The van der Waals surface area contributed by atoms with Gasteiger partial charge in [-0.25, -0.2) is 8.42 Å². The minimum absolute atomic E-state index is 0. The molecule has 12 heteroatoms. The number of alkyl halides is 3. The van der Waals surface area contributed by atoms with Crippen molar-refractivity contribution in [1.29, 1.82) is 0 Å². The highest BCUT2D eigenvalue weighted by atomic mass is 127. The Bertz CT molecular complexity index is 770. The van der Waals surface area contributed by atoms with Crippen molar-refractivity contribution in [3.63, 3.8) is 0 Å². The van der Waals surface area contributed by atoms with E-state index in [2.05, 4.69) is 32.7 Å². The van der Waals surface area contributed by atoms with Gasteiger partial charge in [0.25, 0.3) is 0 Å². The number of piperidine rings is 1. The molecular weight excluding hydrogens is 534 g/mol. The van der Waals surface area contributed by atoms with Crippen LogP contribution in [0.4, 0.5) is 13.2 Å². The molecule has 0 bridgehead atoms. The van der Waals surface area contributed by atoms with Crippen LogP contribution in [0.15, 0.2) is 35.3 Å². The first kappa shape index (κ1) is 26.9. The third-order valence-electron chi connectivity index (χ3n) is 4.73. The summed E-state index contributed by atoms with van der Waals surface area (Å²) in [5.41, 5.74) is -4.03. The van der Waals surface area contributed by atoms with Crippen LogP contribution in [0, 0.1) is 0 Å². The number of sulfonamides is 1. The van der Waals surface area contributed by atoms with Crippen LogP contribution in [0.1, 0.15) is 18.4 Å². The predicted octanol–water partition coefficient (Wildman–Crippen LogP) is 2.22. The van der Waals surface area contributed by atoms with Crippen LogP contribution in [0.2, 0.25) is 0 Å². The highest BCUT2D eigenvalue weighted by Gasteiger charge is 2.50. The van der Waals surface area contributed by atoms with Gasteiger partial charge in [-0.3, -0.25) is 4.99 Å². The van der Waals surface area contributed by atoms with Gasteiger partial charge in [-0.15, -0.1) is 24.0 Å². The van der Waals surface area contributed by atoms with Crippen molar-refractivity contribution < 1.29 is 21.6 Å². The predicted molar refractivity (Wildman–Crippen MR) is 122 cm³/mol. The van der Waals surface area contributed by atoms with Crippen molar-refractivity contribution in [1.82, 2.24) is 19.8 Å². The number of hydrogen-bond donors (Lipinski definition) is 2. The first-order valence-corrected chi connectivity index (χ1v) is 10.8. The Labute approximate surface area is 193 Å². The molecule has 172 valence electrons. The number of nitrogens with zero attached hydrogens (tertiary/aromatic N) is 3. The quantitative estimate of drug-likeness (QED) is 0.303. The molecule has 0 unspecified atom stereocenters. The van der Waals surface area contributed by atoms with E-state index >= 15 is 0 Å². The topological polar surface area (TPSA) is 77.0 Å². The van der Waals surface area contributed by atoms with E-state index in [9.17, 15) is 21.6 Å². The van der Waals surface area contributed by atoms with Crippen molar-refractivity contribution in [2.45, 2.75) is 30.9 Å². The zero-order chi connectivity index (χ0) is 21.5. The molecule has 2 N–H and O–H groups in total. The molecule has 0 saturated carbocycles. The Morgan fingerprint density at radius 1 is 1.23 bits per heavy atom. The van der Waals surface area contributed by atoms with Crippen LogP contribution >= 0.6 is 24.0 Å². The Morgan fingerprint density at radius 2 is 1.83 bits per heavy atom. The fourth-order valence-corrected chi connectivity index (χ4v) is 4.10. The van der Waals surface area contributed by atoms with E-state index in [0.29, 0.717) is 16.8 Å². The molecule has 0 aliphatic carbocycles. The number of likely N-dealkylation sites (N-methyl/N-ethyl adjacent to an activating group) is 1. The largest absolute Gasteiger partial charge is 0.511 e. The Kier molecular flexibility index (Phi) is 10.8. The second-order valence-electron chi connectivity index (χ2n) is 6.99. The van der Waals surface area contributed by atoms with Gasteiger partial charge in [0.1, 0.15) is 0 Å². The molecule has 0 radical (unpaired) electrons. The minimum Gasteiger partial charge on any atom is -0.355 e. The second kappa shape index (κ2) is 12.1. The second-order valence-corrected chi connectivity index (χ2v) is 8.92. The van der Waals surface area contributed by atoms with Gasteiger partial charge in [0.05, 0.1) is 0 Å². The van der Waals surface area contributed by atoms with Crippen LogP contribution < -0.4 is 10.6 Å². The summed E-state index contributed by atoms with van der Waals surface area (Å²) in [6.07, 6.45) is 0.563. The molecule has 0 spiro atoms. The average Bonchev–Trinajstić information content (AvgIpc) is 2.67. The van der Waals surface area contributed by atoms with Gasteiger partial charge in [-0.1, -0.05) is 30.3 Å². The van der Waals surface area contributed by atoms with Crippen LogP contribution in [0.5, 0.6) is 0 Å². The maximum atomic E-state index is 12.6. The standard InChI is InChI=1S/C18H28F3N5O2S.HI/c1-22-17(23-10-13-25(2)14-15-6-4-3-5-7-15)24-16-8-11-26(12-9-16)29(27,28)18(19,20)21;/h3-7,16H,8-14H2,1-2H3,(H2,22,23,24);1H. The molecule has 0 amide bonds. The number of benzene rings is 1. The van der Waals surface area contributed by atoms with E-state index in [-0.39, 0.29) is 55.9 Å². The SMILES string of the molecule is CN=C(NCCN(C)Cc1ccccc1)NC1CCN(S(=O)(=O)C(F)(F)F)CC1.I. The van der Waals surface area contributed by atoms with Crippen molar-refractivity contribution in [3.05, 3.63) is 35.9 Å². The molecule has 0 aromatic heterocycles. The molecule has 1 heterocycles. The number of nitrogens with one attached hydrogen (secondary N) is 2. The monoisotopic (exact) mass is 563 g/mol. The zero-order valence-corrected chi connectivity index (χ0v) is 20.2. The molecule has 2 rings (SSSR count). The molecule has 30 heavy (non-hydrogen) atoms. The van der Waals surface area contributed by atoms with Gasteiger partial charge in [-0.05, 0) is 25.5 Å². The lowest BCUT2D eigenvalue weighted by molar-refractivity contribution is -0.0494. The fourth-order valence-electron chi connectivity index (χ4n) is 3.11. The minimum atomic E-state index is -5.25. The summed E-state index contributed by atoms with van der Waals surface area (Å²) in [7, 11) is -1.62. The Morgan fingerprint density at radius 3 is 2.37 bits per heavy atom. The third kappa shape index (κ3) is 7.85. The maximum absolute atomic E-state index is 12.6. The van der Waals surface area contributed by atoms with E-state index in [1.807, 2.05) is 25.2 Å². The molecule has 1 aliphatic heterocycles. The Hall–Kier alpha value is -1.12. The number of halogens is 4. The Balaban J connectivity index is 0.00000450. The summed E-state index contributed by atoms with van der Waals surface area (Å²) in [5, 5.41) is 6.34. The number of rotatable bonds is 7. The first-order chi connectivity index (χ1) is 13.6. The van der Waals surface area contributed by atoms with E-state index in [4.69, 9.17) is 0 Å². The molecule has 0 atom stereocenters. The van der Waals surface area contributed by atoms with Crippen LogP contribution in [-0.2, 0) is 16.6 Å². The third-order valence-corrected chi connectivity index (χ3v) is 6.36. The van der Waals surface area contributed by atoms with Crippen molar-refractivity contribution in [2.24, 2.45) is 4.99 Å². The highest BCUT2D eigenvalue weighted by Crippen LogP contribution is 2.28. The number of aliphatic imine (C=N–C) groups is 1. The normalized spacial score (nSPS) is 16.9. The summed E-state index contributed by atoms with van der Waals surface area (Å²) in [4.78, 5) is 6.30.